The van der Waals surface area contributed by atoms with Gasteiger partial charge in [-0.05, 0) is 17.7 Å². The van der Waals surface area contributed by atoms with E-state index in [1.54, 1.807) is 0 Å². The van der Waals surface area contributed by atoms with Crippen LogP contribution in [0.2, 0.25) is 0 Å². The highest BCUT2D eigenvalue weighted by Crippen LogP contribution is 2.36. The fourth-order valence-electron chi connectivity index (χ4n) is 2.76. The summed E-state index contributed by atoms with van der Waals surface area (Å²) in [6.07, 6.45) is 0. The Morgan fingerprint density at radius 1 is 0.968 bits per heavy atom. The largest absolute Gasteiger partial charge is 0.454 e. The van der Waals surface area contributed by atoms with E-state index in [2.05, 4.69) is 5.32 Å². The van der Waals surface area contributed by atoms with Crippen LogP contribution < -0.4 is 16.6 Å². The van der Waals surface area contributed by atoms with Crippen LogP contribution in [-0.4, -0.2) is 27.6 Å². The molecule has 31 heavy (non-hydrogen) atoms. The predicted octanol–water partition coefficient (Wildman–Crippen LogP) is 2.10. The molecule has 0 aliphatic carbocycles. The van der Waals surface area contributed by atoms with Crippen LogP contribution in [0.4, 0.5) is 5.82 Å². The number of anilines is 1. The minimum atomic E-state index is -0.662. The molecule has 9 heteroatoms. The second-order valence-corrected chi connectivity index (χ2v) is 7.82. The average molecular weight is 439 g/mol. The van der Waals surface area contributed by atoms with Gasteiger partial charge in [0.05, 0.1) is 0 Å². The van der Waals surface area contributed by atoms with E-state index in [1.165, 1.54) is 25.9 Å². The van der Waals surface area contributed by atoms with E-state index >= 15 is 0 Å². The first-order valence-electron chi connectivity index (χ1n) is 9.37. The van der Waals surface area contributed by atoms with Gasteiger partial charge in [-0.15, -0.1) is 11.8 Å². The number of rotatable bonds is 7. The van der Waals surface area contributed by atoms with E-state index in [0.717, 1.165) is 25.7 Å². The zero-order valence-corrected chi connectivity index (χ0v) is 17.8. The van der Waals surface area contributed by atoms with Gasteiger partial charge in [0.2, 0.25) is 0 Å². The molecule has 1 unspecified atom stereocenters. The molecule has 0 saturated carbocycles. The number of esters is 1. The third-order valence-corrected chi connectivity index (χ3v) is 5.70. The Morgan fingerprint density at radius 3 is 2.23 bits per heavy atom. The molecular formula is C22H21N3O5S. The number of carbonyl (C=O) groups excluding carboxylic acids is 2. The van der Waals surface area contributed by atoms with E-state index in [1.807, 2.05) is 60.7 Å². The molecule has 1 atom stereocenters. The molecule has 0 aliphatic heterocycles. The number of hydrogen-bond acceptors (Lipinski definition) is 6. The number of nitrogens with zero attached hydrogens (tertiary/aromatic N) is 2. The number of carbonyl (C=O) groups is 2. The van der Waals surface area contributed by atoms with Crippen molar-refractivity contribution in [1.82, 2.24) is 9.13 Å². The lowest BCUT2D eigenvalue weighted by Crippen LogP contribution is -2.38. The summed E-state index contributed by atoms with van der Waals surface area (Å²) in [5, 5.41) is 1.77. The number of aromatic nitrogens is 2. The van der Waals surface area contributed by atoms with Crippen molar-refractivity contribution in [3.63, 3.8) is 0 Å². The summed E-state index contributed by atoms with van der Waals surface area (Å²) < 4.78 is 7.29. The Balaban J connectivity index is 1.70. The van der Waals surface area contributed by atoms with Gasteiger partial charge in [0.1, 0.15) is 11.1 Å². The van der Waals surface area contributed by atoms with Crippen LogP contribution in [0, 0.1) is 0 Å². The van der Waals surface area contributed by atoms with Crippen LogP contribution in [-0.2, 0) is 28.4 Å². The quantitative estimate of drug-likeness (QED) is 0.447. The number of amides is 1. The fraction of sp³-hybridized carbons (Fsp3) is 0.182. The van der Waals surface area contributed by atoms with Crippen LogP contribution in [0.5, 0.6) is 0 Å². The minimum Gasteiger partial charge on any atom is -0.454 e. The molecule has 160 valence electrons. The SMILES string of the molecule is Cn1c(NC(=O)COC(=O)C(Sc2ccccc2)c2ccccc2)cc(=O)n(C)c1=O. The summed E-state index contributed by atoms with van der Waals surface area (Å²) in [6, 6.07) is 19.7. The lowest BCUT2D eigenvalue weighted by Gasteiger charge is -2.16. The van der Waals surface area contributed by atoms with Gasteiger partial charge in [-0.1, -0.05) is 48.5 Å². The smallest absolute Gasteiger partial charge is 0.332 e. The first kappa shape index (κ1) is 22.1. The first-order chi connectivity index (χ1) is 14.9. The third-order valence-electron chi connectivity index (χ3n) is 4.45. The van der Waals surface area contributed by atoms with Gasteiger partial charge in [-0.2, -0.15) is 0 Å². The molecule has 1 amide bonds. The van der Waals surface area contributed by atoms with Gasteiger partial charge in [0.15, 0.2) is 6.61 Å². The van der Waals surface area contributed by atoms with Crippen LogP contribution in [0.1, 0.15) is 10.8 Å². The lowest BCUT2D eigenvalue weighted by molar-refractivity contribution is -0.146. The van der Waals surface area contributed by atoms with Crippen molar-refractivity contribution in [2.45, 2.75) is 10.1 Å². The Labute approximate surface area is 182 Å². The zero-order valence-electron chi connectivity index (χ0n) is 17.0. The van der Waals surface area contributed by atoms with Crippen LogP contribution in [0.15, 0.2) is 81.2 Å². The monoisotopic (exact) mass is 439 g/mol. The molecule has 1 N–H and O–H groups in total. The lowest BCUT2D eigenvalue weighted by atomic mass is 10.1. The van der Waals surface area contributed by atoms with Gasteiger partial charge < -0.3 is 10.1 Å². The van der Waals surface area contributed by atoms with Gasteiger partial charge in [0.25, 0.3) is 11.5 Å². The highest BCUT2D eigenvalue weighted by Gasteiger charge is 2.24. The normalized spacial score (nSPS) is 11.5. The van der Waals surface area contributed by atoms with Gasteiger partial charge in [0, 0.05) is 25.1 Å². The maximum Gasteiger partial charge on any atom is 0.332 e. The molecular weight excluding hydrogens is 418 g/mol. The molecule has 0 aliphatic rings. The summed E-state index contributed by atoms with van der Waals surface area (Å²) >= 11 is 1.32. The second kappa shape index (κ2) is 9.94. The molecule has 0 saturated heterocycles. The van der Waals surface area contributed by atoms with Crippen LogP contribution in [0.3, 0.4) is 0 Å². The molecule has 0 spiro atoms. The molecule has 2 aromatic carbocycles. The molecule has 3 aromatic rings. The van der Waals surface area contributed by atoms with Crippen LogP contribution >= 0.6 is 11.8 Å². The molecule has 1 aromatic heterocycles. The van der Waals surface area contributed by atoms with Crippen LogP contribution in [0.25, 0.3) is 0 Å². The van der Waals surface area contributed by atoms with Gasteiger partial charge in [-0.25, -0.2) is 4.79 Å². The zero-order chi connectivity index (χ0) is 22.4. The summed E-state index contributed by atoms with van der Waals surface area (Å²) in [5.74, 6) is -1.21. The molecule has 0 bridgehead atoms. The maximum absolute atomic E-state index is 12.8. The van der Waals surface area contributed by atoms with E-state index in [0.29, 0.717) is 0 Å². The van der Waals surface area contributed by atoms with Gasteiger partial charge >= 0.3 is 11.7 Å². The summed E-state index contributed by atoms with van der Waals surface area (Å²) in [4.78, 5) is 49.7. The number of benzene rings is 2. The minimum absolute atomic E-state index is 0.0208. The van der Waals surface area contributed by atoms with Crippen molar-refractivity contribution in [1.29, 1.82) is 0 Å². The summed E-state index contributed by atoms with van der Waals surface area (Å²) in [7, 11) is 2.76. The Hall–Kier alpha value is -3.59. The van der Waals surface area contributed by atoms with Crippen molar-refractivity contribution in [3.8, 4) is 0 Å². The molecule has 0 radical (unpaired) electrons. The second-order valence-electron chi connectivity index (χ2n) is 6.65. The molecule has 8 nitrogen and oxygen atoms in total. The van der Waals surface area contributed by atoms with Crippen molar-refractivity contribution in [3.05, 3.63) is 93.1 Å². The fourth-order valence-corrected chi connectivity index (χ4v) is 3.80. The number of nitrogens with one attached hydrogen (secondary N) is 1. The topological polar surface area (TPSA) is 99.4 Å². The highest BCUT2D eigenvalue weighted by molar-refractivity contribution is 8.00. The highest BCUT2D eigenvalue weighted by atomic mass is 32.2. The van der Waals surface area contributed by atoms with Crippen molar-refractivity contribution in [2.24, 2.45) is 14.1 Å². The molecule has 3 rings (SSSR count). The van der Waals surface area contributed by atoms with E-state index in [9.17, 15) is 19.2 Å². The summed E-state index contributed by atoms with van der Waals surface area (Å²) in [6.45, 7) is -0.555. The number of ether oxygens (including phenoxy) is 1. The van der Waals surface area contributed by atoms with Gasteiger partial charge in [-0.3, -0.25) is 23.5 Å². The maximum atomic E-state index is 12.8. The Bertz CT molecular complexity index is 1190. The third kappa shape index (κ3) is 5.52. The standard InChI is InChI=1S/C22H21N3O5S/c1-24-17(13-19(27)25(2)22(24)29)23-18(26)14-30-21(28)20(15-9-5-3-6-10-15)31-16-11-7-4-8-12-16/h3-13,20H,14H2,1-2H3,(H,23,26). The summed E-state index contributed by atoms with van der Waals surface area (Å²) in [5.41, 5.74) is -0.391. The Kier molecular flexibility index (Phi) is 7.09. The van der Waals surface area contributed by atoms with E-state index in [4.69, 9.17) is 4.74 Å². The number of hydrogen-bond donors (Lipinski definition) is 1. The first-order valence-corrected chi connectivity index (χ1v) is 10.2. The predicted molar refractivity (Wildman–Crippen MR) is 118 cm³/mol. The van der Waals surface area contributed by atoms with Crippen molar-refractivity contribution >= 4 is 29.5 Å². The Morgan fingerprint density at radius 2 is 1.58 bits per heavy atom. The molecule has 1 heterocycles. The number of thioether (sulfide) groups is 1. The van der Waals surface area contributed by atoms with E-state index in [-0.39, 0.29) is 5.82 Å². The van der Waals surface area contributed by atoms with Crippen molar-refractivity contribution < 1.29 is 14.3 Å². The van der Waals surface area contributed by atoms with Crippen molar-refractivity contribution in [2.75, 3.05) is 11.9 Å². The molecule has 0 fully saturated rings. The average Bonchev–Trinajstić information content (AvgIpc) is 2.79. The van der Waals surface area contributed by atoms with E-state index < -0.39 is 35.0 Å².